The summed E-state index contributed by atoms with van der Waals surface area (Å²) in [6, 6.07) is 8.97. The van der Waals surface area contributed by atoms with Crippen LogP contribution in [0.1, 0.15) is 38.1 Å². The summed E-state index contributed by atoms with van der Waals surface area (Å²) in [6.07, 6.45) is 14.2. The summed E-state index contributed by atoms with van der Waals surface area (Å²) in [5, 5.41) is 0.0335. The third-order valence-electron chi connectivity index (χ3n) is 5.05. The van der Waals surface area contributed by atoms with Crippen LogP contribution in [0, 0.1) is 0 Å². The smallest absolute Gasteiger partial charge is 0.338 e. The lowest BCUT2D eigenvalue weighted by atomic mass is 10.2. The van der Waals surface area contributed by atoms with E-state index in [0.29, 0.717) is 5.56 Å². The monoisotopic (exact) mass is 426 g/mol. The molecule has 0 aliphatic carbocycles. The zero-order chi connectivity index (χ0) is 22.6. The van der Waals surface area contributed by atoms with E-state index in [9.17, 15) is 9.59 Å². The van der Waals surface area contributed by atoms with E-state index >= 15 is 0 Å². The average molecular weight is 427 g/mol. The minimum absolute atomic E-state index is 0.0335. The van der Waals surface area contributed by atoms with Crippen molar-refractivity contribution in [2.75, 3.05) is 0 Å². The number of hydrogen-bond acceptors (Lipinski definition) is 4. The van der Waals surface area contributed by atoms with E-state index in [1.54, 1.807) is 24.3 Å². The van der Waals surface area contributed by atoms with Crippen molar-refractivity contribution in [3.63, 3.8) is 0 Å². The molecule has 0 saturated carbocycles. The quantitative estimate of drug-likeness (QED) is 0.150. The van der Waals surface area contributed by atoms with Gasteiger partial charge >= 0.3 is 5.97 Å². The Morgan fingerprint density at radius 1 is 0.933 bits per heavy atom. The summed E-state index contributed by atoms with van der Waals surface area (Å²) in [7, 11) is -2.07. The van der Waals surface area contributed by atoms with Crippen molar-refractivity contribution in [3.05, 3.63) is 84.5 Å². The minimum Gasteiger partial charge on any atom is -0.456 e. The average Bonchev–Trinajstić information content (AvgIpc) is 2.68. The molecule has 4 nitrogen and oxygen atoms in total. The fraction of sp³-hybridized carbons (Fsp3) is 0.360. The Bertz CT molecular complexity index is 783. The second kappa shape index (κ2) is 12.3. The summed E-state index contributed by atoms with van der Waals surface area (Å²) in [6.45, 7) is 12.8. The Kier molecular flexibility index (Phi) is 10.4. The topological polar surface area (TPSA) is 52.6 Å². The van der Waals surface area contributed by atoms with Crippen LogP contribution >= 0.6 is 0 Å². The SMILES string of the molecule is C[C@@H](OC(=O)c1ccccc1)[C@H](/C=C/C=C/C=C/C=C/C=O)O[Si](C)(C)C(C)(C)C. The van der Waals surface area contributed by atoms with Crippen molar-refractivity contribution in [3.8, 4) is 0 Å². The maximum Gasteiger partial charge on any atom is 0.338 e. The minimum atomic E-state index is -2.07. The van der Waals surface area contributed by atoms with Crippen molar-refractivity contribution in [2.24, 2.45) is 0 Å². The molecule has 1 aromatic carbocycles. The van der Waals surface area contributed by atoms with Crippen molar-refractivity contribution in [2.45, 2.75) is 58.0 Å². The second-order valence-corrected chi connectivity index (χ2v) is 13.3. The number of benzene rings is 1. The molecule has 162 valence electrons. The molecule has 0 heterocycles. The Hall–Kier alpha value is -2.50. The molecule has 0 radical (unpaired) electrons. The highest BCUT2D eigenvalue weighted by Crippen LogP contribution is 2.38. The van der Waals surface area contributed by atoms with E-state index < -0.39 is 14.4 Å². The lowest BCUT2D eigenvalue weighted by molar-refractivity contribution is -0.104. The van der Waals surface area contributed by atoms with Gasteiger partial charge in [0.15, 0.2) is 8.32 Å². The van der Waals surface area contributed by atoms with Crippen LogP contribution in [0.2, 0.25) is 18.1 Å². The number of rotatable bonds is 10. The number of carbonyl (C=O) groups is 2. The fourth-order valence-electron chi connectivity index (χ4n) is 2.23. The predicted molar refractivity (Wildman–Crippen MR) is 126 cm³/mol. The van der Waals surface area contributed by atoms with Crippen LogP contribution in [-0.2, 0) is 14.0 Å². The predicted octanol–water partition coefficient (Wildman–Crippen LogP) is 6.05. The third-order valence-corrected chi connectivity index (χ3v) is 9.52. The van der Waals surface area contributed by atoms with E-state index in [0.717, 1.165) is 6.29 Å². The number of carbonyl (C=O) groups excluding carboxylic acids is 2. The van der Waals surface area contributed by atoms with Crippen molar-refractivity contribution >= 4 is 20.6 Å². The molecule has 0 bridgehead atoms. The first-order chi connectivity index (χ1) is 14.1. The van der Waals surface area contributed by atoms with Gasteiger partial charge in [0.1, 0.15) is 18.5 Å². The first-order valence-corrected chi connectivity index (χ1v) is 13.0. The first kappa shape index (κ1) is 25.5. The summed E-state index contributed by atoms with van der Waals surface area (Å²) < 4.78 is 12.2. The van der Waals surface area contributed by atoms with Gasteiger partial charge in [0, 0.05) is 0 Å². The van der Waals surface area contributed by atoms with Gasteiger partial charge in [-0.3, -0.25) is 4.79 Å². The van der Waals surface area contributed by atoms with E-state index in [1.807, 2.05) is 55.5 Å². The Labute approximate surface area is 182 Å². The molecule has 0 spiro atoms. The summed E-state index contributed by atoms with van der Waals surface area (Å²) in [5.41, 5.74) is 0.521. The maximum atomic E-state index is 12.5. The number of hydrogen-bond donors (Lipinski definition) is 0. The third kappa shape index (κ3) is 8.89. The van der Waals surface area contributed by atoms with Gasteiger partial charge in [0.2, 0.25) is 0 Å². The molecular weight excluding hydrogens is 392 g/mol. The molecule has 0 fully saturated rings. The van der Waals surface area contributed by atoms with Crippen LogP contribution in [0.3, 0.4) is 0 Å². The van der Waals surface area contributed by atoms with Crippen molar-refractivity contribution in [1.29, 1.82) is 0 Å². The molecule has 0 aliphatic heterocycles. The molecule has 0 unspecified atom stereocenters. The first-order valence-electron chi connectivity index (χ1n) is 10.1. The molecule has 1 rings (SSSR count). The molecule has 0 N–H and O–H groups in total. The summed E-state index contributed by atoms with van der Waals surface area (Å²) in [4.78, 5) is 22.7. The van der Waals surface area contributed by atoms with E-state index in [2.05, 4.69) is 33.9 Å². The fourth-order valence-corrected chi connectivity index (χ4v) is 3.53. The van der Waals surface area contributed by atoms with Gasteiger partial charge in [-0.2, -0.15) is 0 Å². The second-order valence-electron chi connectivity index (χ2n) is 8.49. The van der Waals surface area contributed by atoms with Gasteiger partial charge in [0.05, 0.1) is 5.56 Å². The van der Waals surface area contributed by atoms with E-state index in [-0.39, 0.29) is 17.1 Å². The van der Waals surface area contributed by atoms with Crippen LogP contribution in [0.15, 0.2) is 78.9 Å². The largest absolute Gasteiger partial charge is 0.456 e. The summed E-state index contributed by atoms with van der Waals surface area (Å²) >= 11 is 0. The van der Waals surface area contributed by atoms with Crippen LogP contribution in [0.5, 0.6) is 0 Å². The van der Waals surface area contributed by atoms with Gasteiger partial charge in [-0.05, 0) is 43.3 Å². The Morgan fingerprint density at radius 3 is 2.00 bits per heavy atom. The van der Waals surface area contributed by atoms with Gasteiger partial charge < -0.3 is 9.16 Å². The zero-order valence-electron chi connectivity index (χ0n) is 18.9. The molecule has 2 atom stereocenters. The standard InChI is InChI=1S/C25H34O4Si/c1-21(28-24(27)22-17-13-12-14-18-22)23(29-30(5,6)25(2,3)4)19-15-10-8-7-9-11-16-20-26/h7-21,23H,1-6H3/b9-7+,10-8+,16-11+,19-15+/t21-,23+/m1/s1. The number of allylic oxidation sites excluding steroid dienone is 7. The molecular formula is C25H34O4Si. The van der Waals surface area contributed by atoms with Crippen LogP contribution in [-0.4, -0.2) is 32.8 Å². The highest BCUT2D eigenvalue weighted by molar-refractivity contribution is 6.74. The van der Waals surface area contributed by atoms with Crippen LogP contribution < -0.4 is 0 Å². The maximum absolute atomic E-state index is 12.5. The summed E-state index contributed by atoms with van der Waals surface area (Å²) in [5.74, 6) is -0.360. The van der Waals surface area contributed by atoms with Gasteiger partial charge in [0.25, 0.3) is 0 Å². The van der Waals surface area contributed by atoms with E-state index in [4.69, 9.17) is 9.16 Å². The Morgan fingerprint density at radius 2 is 1.47 bits per heavy atom. The van der Waals surface area contributed by atoms with E-state index in [1.165, 1.54) is 6.08 Å². The number of aldehydes is 1. The lowest BCUT2D eigenvalue weighted by Gasteiger charge is -2.39. The van der Waals surface area contributed by atoms with Crippen molar-refractivity contribution < 1.29 is 18.8 Å². The van der Waals surface area contributed by atoms with Crippen LogP contribution in [0.4, 0.5) is 0 Å². The van der Waals surface area contributed by atoms with Gasteiger partial charge in [-0.15, -0.1) is 0 Å². The van der Waals surface area contributed by atoms with Gasteiger partial charge in [-0.25, -0.2) is 4.79 Å². The zero-order valence-corrected chi connectivity index (χ0v) is 19.9. The molecule has 0 aromatic heterocycles. The number of ether oxygens (including phenoxy) is 1. The lowest BCUT2D eigenvalue weighted by Crippen LogP contribution is -2.46. The number of esters is 1. The highest BCUT2D eigenvalue weighted by Gasteiger charge is 2.40. The highest BCUT2D eigenvalue weighted by atomic mass is 28.4. The molecule has 5 heteroatoms. The van der Waals surface area contributed by atoms with Gasteiger partial charge in [-0.1, -0.05) is 81.5 Å². The van der Waals surface area contributed by atoms with Crippen molar-refractivity contribution in [1.82, 2.24) is 0 Å². The molecule has 0 aliphatic rings. The van der Waals surface area contributed by atoms with Crippen LogP contribution in [0.25, 0.3) is 0 Å². The Balaban J connectivity index is 2.93. The molecule has 0 saturated heterocycles. The molecule has 1 aromatic rings. The molecule has 0 amide bonds. The normalized spacial score (nSPS) is 15.3. The molecule has 30 heavy (non-hydrogen) atoms.